The van der Waals surface area contributed by atoms with E-state index in [9.17, 15) is 14.7 Å². The fourth-order valence-corrected chi connectivity index (χ4v) is 8.40. The molecule has 3 heterocycles. The van der Waals surface area contributed by atoms with Crippen LogP contribution in [0.5, 0.6) is 5.75 Å². The Hall–Kier alpha value is -8.23. The number of carboxylic acids is 1. The average Bonchev–Trinajstić information content (AvgIpc) is 3.85. The zero-order valence-corrected chi connectivity index (χ0v) is 32.2. The molecule has 0 aliphatic carbocycles. The van der Waals surface area contributed by atoms with E-state index >= 15 is 0 Å². The van der Waals surface area contributed by atoms with Crippen LogP contribution in [0, 0.1) is 0 Å². The third kappa shape index (κ3) is 6.42. The van der Waals surface area contributed by atoms with Gasteiger partial charge in [-0.25, -0.2) is 9.78 Å². The van der Waals surface area contributed by atoms with Crippen molar-refractivity contribution in [1.82, 2.24) is 9.55 Å². The van der Waals surface area contributed by atoms with Crippen molar-refractivity contribution in [3.05, 3.63) is 222 Å². The molecule has 0 atom stereocenters. The molecule has 0 fully saturated rings. The normalized spacial score (nSPS) is 12.7. The maximum atomic E-state index is 12.1. The van der Waals surface area contributed by atoms with Crippen LogP contribution in [0.2, 0.25) is 0 Å². The summed E-state index contributed by atoms with van der Waals surface area (Å²) in [7, 11) is 0. The van der Waals surface area contributed by atoms with Crippen LogP contribution in [-0.2, 0) is 4.79 Å². The summed E-state index contributed by atoms with van der Waals surface area (Å²) in [6.07, 6.45) is 1.81. The maximum absolute atomic E-state index is 12.1. The van der Waals surface area contributed by atoms with Crippen LogP contribution in [0.15, 0.2) is 194 Å². The molecule has 0 bridgehead atoms. The van der Waals surface area contributed by atoms with Gasteiger partial charge in [0.1, 0.15) is 18.2 Å². The minimum Gasteiger partial charge on any atom is -0.478 e. The van der Waals surface area contributed by atoms with Crippen LogP contribution < -0.4 is 14.5 Å². The minimum atomic E-state index is -1.00. The highest BCUT2D eigenvalue weighted by molar-refractivity contribution is 6.12. The third-order valence-electron chi connectivity index (χ3n) is 11.1. The Morgan fingerprint density at radius 2 is 1.12 bits per heavy atom. The highest BCUT2D eigenvalue weighted by Crippen LogP contribution is 2.46. The van der Waals surface area contributed by atoms with E-state index in [4.69, 9.17) is 9.72 Å². The molecule has 9 aromatic rings. The molecular weight excluding hydrogens is 745 g/mol. The van der Waals surface area contributed by atoms with E-state index in [1.54, 1.807) is 24.3 Å². The molecule has 8 nitrogen and oxygen atoms in total. The van der Waals surface area contributed by atoms with Gasteiger partial charge in [0.2, 0.25) is 0 Å². The fourth-order valence-electron chi connectivity index (χ4n) is 8.40. The molecule has 8 heteroatoms. The van der Waals surface area contributed by atoms with Crippen LogP contribution in [0.4, 0.5) is 22.7 Å². The van der Waals surface area contributed by atoms with E-state index in [-0.39, 0.29) is 5.56 Å². The molecule has 0 saturated heterocycles. The average molecular weight is 781 g/mol. The van der Waals surface area contributed by atoms with E-state index in [1.807, 2.05) is 60.8 Å². The highest BCUT2D eigenvalue weighted by Gasteiger charge is 2.28. The number of carbonyl (C=O) groups excluding carboxylic acids is 1. The summed E-state index contributed by atoms with van der Waals surface area (Å²) in [5.41, 5.74) is 11.9. The first kappa shape index (κ1) is 36.1. The topological polar surface area (TPSA) is 87.9 Å². The Labute approximate surface area is 346 Å². The van der Waals surface area contributed by atoms with Crippen molar-refractivity contribution in [2.24, 2.45) is 0 Å². The molecule has 7 aromatic carbocycles. The molecule has 0 saturated carbocycles. The number of ether oxygens (including phenoxy) is 1. The van der Waals surface area contributed by atoms with Gasteiger partial charge in [0, 0.05) is 28.3 Å². The van der Waals surface area contributed by atoms with Gasteiger partial charge in [-0.05, 0) is 118 Å². The summed E-state index contributed by atoms with van der Waals surface area (Å²) in [5, 5.41) is 12.1. The minimum absolute atomic E-state index is 0.188. The van der Waals surface area contributed by atoms with Gasteiger partial charge in [-0.2, -0.15) is 0 Å². The van der Waals surface area contributed by atoms with Gasteiger partial charge in [0.15, 0.2) is 0 Å². The second kappa shape index (κ2) is 15.3. The number of carboxylic acid groups (broad SMARTS) is 1. The van der Waals surface area contributed by atoms with Crippen molar-refractivity contribution in [2.75, 3.05) is 16.5 Å². The zero-order valence-electron chi connectivity index (χ0n) is 32.2. The van der Waals surface area contributed by atoms with Crippen molar-refractivity contribution < 1.29 is 19.4 Å². The molecule has 60 heavy (non-hydrogen) atoms. The van der Waals surface area contributed by atoms with Gasteiger partial charge < -0.3 is 19.6 Å². The molecule has 288 valence electrons. The van der Waals surface area contributed by atoms with E-state index < -0.39 is 5.97 Å². The number of para-hydroxylation sites is 4. The molecule has 1 aliphatic heterocycles. The smallest absolute Gasteiger partial charge is 0.335 e. The molecule has 1 aliphatic rings. The summed E-state index contributed by atoms with van der Waals surface area (Å²) < 4.78 is 7.42. The predicted molar refractivity (Wildman–Crippen MR) is 239 cm³/mol. The number of fused-ring (bicyclic) bond motifs is 4. The Bertz CT molecular complexity index is 3090. The Kier molecular flexibility index (Phi) is 9.19. The van der Waals surface area contributed by atoms with Crippen molar-refractivity contribution in [2.45, 2.75) is 0 Å². The van der Waals surface area contributed by atoms with E-state index in [0.717, 1.165) is 83.8 Å². The third-order valence-corrected chi connectivity index (χ3v) is 11.1. The predicted octanol–water partition coefficient (Wildman–Crippen LogP) is 11.7. The quantitative estimate of drug-likeness (QED) is 0.109. The maximum Gasteiger partial charge on any atom is 0.335 e. The van der Waals surface area contributed by atoms with Crippen LogP contribution >= 0.6 is 0 Å². The van der Waals surface area contributed by atoms with Crippen LogP contribution in [0.1, 0.15) is 32.6 Å². The molecular formula is C52H36N4O4. The van der Waals surface area contributed by atoms with Gasteiger partial charge in [0.05, 0.1) is 28.0 Å². The number of hydrogen-bond donors (Lipinski definition) is 1. The van der Waals surface area contributed by atoms with Crippen molar-refractivity contribution in [3.8, 4) is 11.6 Å². The highest BCUT2D eigenvalue weighted by atomic mass is 16.5. The molecule has 0 unspecified atom stereocenters. The first-order chi connectivity index (χ1) is 29.6. The van der Waals surface area contributed by atoms with Crippen LogP contribution in [0.3, 0.4) is 0 Å². The lowest BCUT2D eigenvalue weighted by Gasteiger charge is -2.24. The van der Waals surface area contributed by atoms with E-state index in [2.05, 4.69) is 124 Å². The number of nitrogens with zero attached hydrogens (tertiary/aromatic N) is 4. The number of benzene rings is 7. The monoisotopic (exact) mass is 780 g/mol. The number of carbonyl (C=O) groups is 2. The second-order valence-corrected chi connectivity index (χ2v) is 14.5. The van der Waals surface area contributed by atoms with Gasteiger partial charge in [-0.3, -0.25) is 9.36 Å². The summed E-state index contributed by atoms with van der Waals surface area (Å²) >= 11 is 0. The molecule has 0 amide bonds. The molecule has 10 rings (SSSR count). The van der Waals surface area contributed by atoms with Crippen LogP contribution in [-0.4, -0.2) is 33.8 Å². The Morgan fingerprint density at radius 1 is 0.533 bits per heavy atom. The molecule has 0 radical (unpaired) electrons. The fraction of sp³-hybridized carbons (Fsp3) is 0.0192. The number of pyridine rings is 1. The summed E-state index contributed by atoms with van der Waals surface area (Å²) in [4.78, 5) is 32.8. The van der Waals surface area contributed by atoms with Gasteiger partial charge >= 0.3 is 5.97 Å². The molecule has 1 N–H and O–H groups in total. The van der Waals surface area contributed by atoms with Crippen molar-refractivity contribution >= 4 is 68.1 Å². The number of rotatable bonds is 10. The Morgan fingerprint density at radius 3 is 1.83 bits per heavy atom. The molecule has 2 aromatic heterocycles. The number of aromatic nitrogens is 2. The first-order valence-corrected chi connectivity index (χ1v) is 19.6. The summed E-state index contributed by atoms with van der Waals surface area (Å²) in [6, 6.07) is 62.7. The first-order valence-electron chi connectivity index (χ1n) is 19.6. The zero-order chi connectivity index (χ0) is 40.6. The summed E-state index contributed by atoms with van der Waals surface area (Å²) in [6.45, 7) is 1.03. The lowest BCUT2D eigenvalue weighted by atomic mass is 9.85. The van der Waals surface area contributed by atoms with Crippen molar-refractivity contribution in [3.63, 3.8) is 0 Å². The summed E-state index contributed by atoms with van der Waals surface area (Å²) in [5.74, 6) is 0.216. The number of hydrogen-bond acceptors (Lipinski definition) is 6. The number of anilines is 4. The SMILES string of the molecule is O=COc1ccc(/C(=C(\c2cccc(N3CN(c4ccccc4)c4ccccc43)c2)c2ccc3c4ccccc4n(-c4ccccn4)c3c2)c2ccc(C(=O)O)cc2)cc1. The molecule has 0 spiro atoms. The Balaban J connectivity index is 1.24. The van der Waals surface area contributed by atoms with Gasteiger partial charge in [-0.1, -0.05) is 103 Å². The van der Waals surface area contributed by atoms with Crippen LogP contribution in [0.25, 0.3) is 38.8 Å². The number of aromatic carboxylic acids is 1. The standard InChI is InChI=1S/C52H36N4O4/c57-34-60-42-27-24-36(25-28-42)50(35-20-22-37(23-21-35)52(58)59)51(39-26-29-44-43-15-4-5-16-45(43)56(48(44)32-39)49-19-8-9-30-53-49)38-11-10-14-41(31-38)55-33-54(40-12-2-1-3-13-40)46-17-6-7-18-47(46)55/h1-32,34H,33H2,(H,58,59)/b51-50+. The van der Waals surface area contributed by atoms with Gasteiger partial charge in [0.25, 0.3) is 6.47 Å². The van der Waals surface area contributed by atoms with Crippen molar-refractivity contribution in [1.29, 1.82) is 0 Å². The van der Waals surface area contributed by atoms with E-state index in [0.29, 0.717) is 18.9 Å². The van der Waals surface area contributed by atoms with Gasteiger partial charge in [-0.15, -0.1) is 0 Å². The largest absolute Gasteiger partial charge is 0.478 e. The lowest BCUT2D eigenvalue weighted by molar-refractivity contribution is -0.120. The van der Waals surface area contributed by atoms with E-state index in [1.165, 1.54) is 0 Å². The second-order valence-electron chi connectivity index (χ2n) is 14.5. The lowest BCUT2D eigenvalue weighted by Crippen LogP contribution is -2.23.